The summed E-state index contributed by atoms with van der Waals surface area (Å²) in [5.74, 6) is 0.866. The van der Waals surface area contributed by atoms with Gasteiger partial charge in [0, 0.05) is 19.6 Å². The first-order chi connectivity index (χ1) is 7.88. The summed E-state index contributed by atoms with van der Waals surface area (Å²) in [7, 11) is 0. The van der Waals surface area contributed by atoms with E-state index in [9.17, 15) is 0 Å². The average Bonchev–Trinajstić information content (AvgIpc) is 2.91. The minimum atomic E-state index is 0.275. The number of hydrogen-bond donors (Lipinski definition) is 1. The van der Waals surface area contributed by atoms with Gasteiger partial charge in [-0.05, 0) is 41.1 Å². The van der Waals surface area contributed by atoms with Crippen LogP contribution in [-0.4, -0.2) is 29.7 Å². The van der Waals surface area contributed by atoms with Crippen LogP contribution in [0.5, 0.6) is 0 Å². The number of aliphatic hydroxyl groups is 1. The Hall–Kier alpha value is -0.380. The zero-order valence-electron chi connectivity index (χ0n) is 9.77. The highest BCUT2D eigenvalue weighted by Gasteiger charge is 2.18. The van der Waals surface area contributed by atoms with Gasteiger partial charge in [0.1, 0.15) is 0 Å². The van der Waals surface area contributed by atoms with E-state index in [1.54, 1.807) is 11.3 Å². The van der Waals surface area contributed by atoms with Gasteiger partial charge in [0.2, 0.25) is 0 Å². The predicted molar refractivity (Wildman–Crippen MR) is 68.6 cm³/mol. The van der Waals surface area contributed by atoms with Crippen molar-refractivity contribution in [3.63, 3.8) is 0 Å². The normalized spacial score (nSPS) is 17.4. The molecule has 1 aromatic heterocycles. The van der Waals surface area contributed by atoms with Crippen molar-refractivity contribution in [2.75, 3.05) is 19.7 Å². The fraction of sp³-hybridized carbons (Fsp3) is 0.692. The second-order valence-electron chi connectivity index (χ2n) is 4.74. The highest BCUT2D eigenvalue weighted by Crippen LogP contribution is 2.26. The van der Waals surface area contributed by atoms with Gasteiger partial charge in [0.15, 0.2) is 0 Å². The molecular formula is C13H21NOS. The Morgan fingerprint density at radius 3 is 2.81 bits per heavy atom. The Bertz CT molecular complexity index is 280. The van der Waals surface area contributed by atoms with E-state index in [1.807, 2.05) is 0 Å². The van der Waals surface area contributed by atoms with E-state index in [2.05, 4.69) is 21.7 Å². The lowest BCUT2D eigenvalue weighted by atomic mass is 10.1. The summed E-state index contributed by atoms with van der Waals surface area (Å²) in [6.07, 6.45) is 5.56. The van der Waals surface area contributed by atoms with Crippen molar-refractivity contribution in [2.24, 2.45) is 5.92 Å². The van der Waals surface area contributed by atoms with Crippen LogP contribution >= 0.6 is 11.3 Å². The summed E-state index contributed by atoms with van der Waals surface area (Å²) in [5, 5.41) is 13.4. The molecule has 0 aliphatic heterocycles. The first kappa shape index (κ1) is 12.1. The van der Waals surface area contributed by atoms with Gasteiger partial charge in [0.25, 0.3) is 0 Å². The third-order valence-corrected chi connectivity index (χ3v) is 4.13. The second-order valence-corrected chi connectivity index (χ2v) is 5.52. The molecule has 1 aliphatic rings. The monoisotopic (exact) mass is 239 g/mol. The van der Waals surface area contributed by atoms with E-state index in [4.69, 9.17) is 5.11 Å². The molecule has 3 heteroatoms. The number of nitrogens with zero attached hydrogens (tertiary/aromatic N) is 1. The molecular weight excluding hydrogens is 218 g/mol. The van der Waals surface area contributed by atoms with E-state index >= 15 is 0 Å². The van der Waals surface area contributed by atoms with Gasteiger partial charge in [-0.25, -0.2) is 0 Å². The van der Waals surface area contributed by atoms with Crippen molar-refractivity contribution < 1.29 is 5.11 Å². The summed E-state index contributed by atoms with van der Waals surface area (Å²) in [6.45, 7) is 3.25. The molecule has 16 heavy (non-hydrogen) atoms. The summed E-state index contributed by atoms with van der Waals surface area (Å²) >= 11 is 1.75. The van der Waals surface area contributed by atoms with Crippen LogP contribution in [0.25, 0.3) is 0 Å². The van der Waals surface area contributed by atoms with Crippen LogP contribution < -0.4 is 0 Å². The van der Waals surface area contributed by atoms with E-state index in [0.717, 1.165) is 25.6 Å². The molecule has 2 rings (SSSR count). The summed E-state index contributed by atoms with van der Waals surface area (Å²) in [5.41, 5.74) is 1.39. The molecule has 1 saturated carbocycles. The molecule has 1 fully saturated rings. The Morgan fingerprint density at radius 2 is 2.19 bits per heavy atom. The van der Waals surface area contributed by atoms with Gasteiger partial charge in [-0.15, -0.1) is 0 Å². The largest absolute Gasteiger partial charge is 0.395 e. The van der Waals surface area contributed by atoms with E-state index in [-0.39, 0.29) is 6.61 Å². The van der Waals surface area contributed by atoms with Crippen molar-refractivity contribution in [2.45, 2.75) is 32.2 Å². The lowest BCUT2D eigenvalue weighted by Gasteiger charge is -2.24. The fourth-order valence-electron chi connectivity index (χ4n) is 2.58. The molecule has 1 N–H and O–H groups in total. The maximum absolute atomic E-state index is 9.10. The van der Waals surface area contributed by atoms with Gasteiger partial charge in [0.05, 0.1) is 6.61 Å². The number of hydrogen-bond acceptors (Lipinski definition) is 3. The fourth-order valence-corrected chi connectivity index (χ4v) is 3.24. The molecule has 0 radical (unpaired) electrons. The summed E-state index contributed by atoms with van der Waals surface area (Å²) in [6, 6.07) is 2.18. The van der Waals surface area contributed by atoms with Crippen molar-refractivity contribution in [3.8, 4) is 0 Å². The van der Waals surface area contributed by atoms with Crippen molar-refractivity contribution in [3.05, 3.63) is 22.4 Å². The standard InChI is InChI=1S/C13H21NOS/c15-7-6-14(9-12-3-1-2-4-12)10-13-5-8-16-11-13/h5,8,11-12,15H,1-4,6-7,9-10H2. The molecule has 0 spiro atoms. The Kier molecular flexibility index (Phi) is 4.82. The molecule has 1 aromatic rings. The molecule has 0 bridgehead atoms. The smallest absolute Gasteiger partial charge is 0.0558 e. The molecule has 0 aromatic carbocycles. The zero-order valence-corrected chi connectivity index (χ0v) is 10.6. The highest BCUT2D eigenvalue weighted by molar-refractivity contribution is 7.07. The highest BCUT2D eigenvalue weighted by atomic mass is 32.1. The molecule has 0 atom stereocenters. The summed E-state index contributed by atoms with van der Waals surface area (Å²) < 4.78 is 0. The van der Waals surface area contributed by atoms with E-state index in [0.29, 0.717) is 0 Å². The van der Waals surface area contributed by atoms with Gasteiger partial charge >= 0.3 is 0 Å². The van der Waals surface area contributed by atoms with Crippen LogP contribution in [0.4, 0.5) is 0 Å². The minimum absolute atomic E-state index is 0.275. The third-order valence-electron chi connectivity index (χ3n) is 3.39. The molecule has 0 unspecified atom stereocenters. The zero-order chi connectivity index (χ0) is 11.2. The first-order valence-corrected chi connectivity index (χ1v) is 7.17. The number of rotatable bonds is 6. The summed E-state index contributed by atoms with van der Waals surface area (Å²) in [4.78, 5) is 2.40. The SMILES string of the molecule is OCCN(Cc1ccsc1)CC1CCCC1. The topological polar surface area (TPSA) is 23.5 Å². The average molecular weight is 239 g/mol. The maximum atomic E-state index is 9.10. The van der Waals surface area contributed by atoms with Crippen LogP contribution in [0, 0.1) is 5.92 Å². The Labute approximate surface area is 102 Å². The predicted octanol–water partition coefficient (Wildman–Crippen LogP) is 2.73. The maximum Gasteiger partial charge on any atom is 0.0558 e. The number of thiophene rings is 1. The quantitative estimate of drug-likeness (QED) is 0.825. The number of aliphatic hydroxyl groups excluding tert-OH is 1. The van der Waals surface area contributed by atoms with Crippen LogP contribution in [-0.2, 0) is 6.54 Å². The molecule has 0 saturated heterocycles. The lowest BCUT2D eigenvalue weighted by molar-refractivity contribution is 0.170. The molecule has 2 nitrogen and oxygen atoms in total. The lowest BCUT2D eigenvalue weighted by Crippen LogP contribution is -2.30. The van der Waals surface area contributed by atoms with Gasteiger partial charge in [-0.2, -0.15) is 11.3 Å². The van der Waals surface area contributed by atoms with Gasteiger partial charge in [-0.3, -0.25) is 4.90 Å². The van der Waals surface area contributed by atoms with Gasteiger partial charge in [-0.1, -0.05) is 12.8 Å². The molecule has 0 amide bonds. The van der Waals surface area contributed by atoms with Crippen molar-refractivity contribution in [1.82, 2.24) is 4.90 Å². The Balaban J connectivity index is 1.83. The van der Waals surface area contributed by atoms with Crippen LogP contribution in [0.1, 0.15) is 31.2 Å². The molecule has 1 heterocycles. The van der Waals surface area contributed by atoms with Gasteiger partial charge < -0.3 is 5.11 Å². The minimum Gasteiger partial charge on any atom is -0.395 e. The van der Waals surface area contributed by atoms with E-state index < -0.39 is 0 Å². The van der Waals surface area contributed by atoms with Crippen LogP contribution in [0.2, 0.25) is 0 Å². The second kappa shape index (κ2) is 6.38. The molecule has 1 aliphatic carbocycles. The Morgan fingerprint density at radius 1 is 1.38 bits per heavy atom. The third kappa shape index (κ3) is 3.58. The van der Waals surface area contributed by atoms with E-state index in [1.165, 1.54) is 31.2 Å². The first-order valence-electron chi connectivity index (χ1n) is 6.23. The van der Waals surface area contributed by atoms with Crippen LogP contribution in [0.15, 0.2) is 16.8 Å². The van der Waals surface area contributed by atoms with Crippen LogP contribution in [0.3, 0.4) is 0 Å². The van der Waals surface area contributed by atoms with Crippen molar-refractivity contribution >= 4 is 11.3 Å². The van der Waals surface area contributed by atoms with Crippen molar-refractivity contribution in [1.29, 1.82) is 0 Å². The molecule has 90 valence electrons.